The lowest BCUT2D eigenvalue weighted by atomic mass is 9.90. The maximum Gasteiger partial charge on any atom is 0.328 e. The van der Waals surface area contributed by atoms with Crippen molar-refractivity contribution in [3.63, 3.8) is 0 Å². The molecule has 0 aromatic heterocycles. The first-order valence-electron chi connectivity index (χ1n) is 8.16. The zero-order chi connectivity index (χ0) is 15.9. The van der Waals surface area contributed by atoms with Crippen LogP contribution < -0.4 is 15.5 Å². The van der Waals surface area contributed by atoms with Crippen LogP contribution >= 0.6 is 0 Å². The standard InChI is InChI=1S/C15H19N3O2.C2H6/c19-14-7-10-18(15(20)17-14)13-3-1-11(2-4-13)12-5-8-16-9-6-12;1-2/h1-4,12,16H,5-10H2,(H,17,19,20);1-2H3. The van der Waals surface area contributed by atoms with Gasteiger partial charge in [-0.3, -0.25) is 15.0 Å². The monoisotopic (exact) mass is 303 g/mol. The molecule has 120 valence electrons. The summed E-state index contributed by atoms with van der Waals surface area (Å²) in [6, 6.07) is 7.85. The van der Waals surface area contributed by atoms with E-state index >= 15 is 0 Å². The molecular weight excluding hydrogens is 278 g/mol. The van der Waals surface area contributed by atoms with Crippen molar-refractivity contribution in [2.24, 2.45) is 0 Å². The quantitative estimate of drug-likeness (QED) is 0.883. The van der Waals surface area contributed by atoms with Crippen molar-refractivity contribution in [2.75, 3.05) is 24.5 Å². The van der Waals surface area contributed by atoms with E-state index in [0.29, 0.717) is 18.9 Å². The number of hydrogen-bond donors (Lipinski definition) is 2. The Morgan fingerprint density at radius 3 is 2.27 bits per heavy atom. The SMILES string of the molecule is CC.O=C1CCN(c2ccc(C3CCNCC3)cc2)C(=O)N1. The van der Waals surface area contributed by atoms with Gasteiger partial charge in [0.05, 0.1) is 0 Å². The Balaban J connectivity index is 0.000000847. The summed E-state index contributed by atoms with van der Waals surface area (Å²) in [5.41, 5.74) is 2.19. The lowest BCUT2D eigenvalue weighted by molar-refractivity contribution is -0.120. The largest absolute Gasteiger partial charge is 0.328 e. The second-order valence-electron chi connectivity index (χ2n) is 5.37. The molecule has 1 aromatic carbocycles. The summed E-state index contributed by atoms with van der Waals surface area (Å²) < 4.78 is 0. The second-order valence-corrected chi connectivity index (χ2v) is 5.37. The van der Waals surface area contributed by atoms with Crippen molar-refractivity contribution in [2.45, 2.75) is 39.0 Å². The number of benzene rings is 1. The number of nitrogens with one attached hydrogen (secondary N) is 2. The van der Waals surface area contributed by atoms with Crippen molar-refractivity contribution < 1.29 is 9.59 Å². The van der Waals surface area contributed by atoms with Crippen molar-refractivity contribution in [1.29, 1.82) is 0 Å². The van der Waals surface area contributed by atoms with Gasteiger partial charge < -0.3 is 5.32 Å². The van der Waals surface area contributed by atoms with Crippen molar-refractivity contribution in [3.8, 4) is 0 Å². The first-order chi connectivity index (χ1) is 10.7. The molecule has 2 aliphatic heterocycles. The lowest BCUT2D eigenvalue weighted by Crippen LogP contribution is -2.49. The Kier molecular flexibility index (Phi) is 5.95. The van der Waals surface area contributed by atoms with Crippen LogP contribution in [0.3, 0.4) is 0 Å². The van der Waals surface area contributed by atoms with Gasteiger partial charge in [0.1, 0.15) is 0 Å². The summed E-state index contributed by atoms with van der Waals surface area (Å²) in [6.07, 6.45) is 2.69. The molecule has 0 atom stereocenters. The molecule has 0 spiro atoms. The number of amides is 3. The Hall–Kier alpha value is -1.88. The van der Waals surface area contributed by atoms with Crippen LogP contribution in [0, 0.1) is 0 Å². The van der Waals surface area contributed by atoms with Crippen LogP contribution in [0.1, 0.15) is 44.6 Å². The van der Waals surface area contributed by atoms with Gasteiger partial charge in [-0.05, 0) is 49.5 Å². The van der Waals surface area contributed by atoms with E-state index in [2.05, 4.69) is 22.8 Å². The number of imide groups is 1. The third kappa shape index (κ3) is 3.85. The van der Waals surface area contributed by atoms with Crippen LogP contribution in [0.4, 0.5) is 10.5 Å². The zero-order valence-electron chi connectivity index (χ0n) is 13.4. The topological polar surface area (TPSA) is 61.4 Å². The predicted molar refractivity (Wildman–Crippen MR) is 88.1 cm³/mol. The second kappa shape index (κ2) is 7.94. The summed E-state index contributed by atoms with van der Waals surface area (Å²) in [5.74, 6) is 0.416. The Morgan fingerprint density at radius 2 is 1.68 bits per heavy atom. The molecule has 2 fully saturated rings. The fourth-order valence-electron chi connectivity index (χ4n) is 2.89. The minimum absolute atomic E-state index is 0.197. The average molecular weight is 303 g/mol. The van der Waals surface area contributed by atoms with E-state index in [-0.39, 0.29) is 11.9 Å². The first-order valence-corrected chi connectivity index (χ1v) is 8.16. The van der Waals surface area contributed by atoms with Gasteiger partial charge in [-0.25, -0.2) is 4.79 Å². The van der Waals surface area contributed by atoms with Gasteiger partial charge in [0.2, 0.25) is 5.91 Å². The predicted octanol–water partition coefficient (Wildman–Crippen LogP) is 2.63. The molecule has 0 unspecified atom stereocenters. The van der Waals surface area contributed by atoms with Gasteiger partial charge >= 0.3 is 6.03 Å². The summed E-state index contributed by atoms with van der Waals surface area (Å²) in [4.78, 5) is 24.5. The maximum atomic E-state index is 11.8. The van der Waals surface area contributed by atoms with Gasteiger partial charge in [0.25, 0.3) is 0 Å². The molecule has 2 heterocycles. The van der Waals surface area contributed by atoms with Crippen molar-refractivity contribution in [1.82, 2.24) is 10.6 Å². The summed E-state index contributed by atoms with van der Waals surface area (Å²) in [7, 11) is 0. The molecule has 5 heteroatoms. The summed E-state index contributed by atoms with van der Waals surface area (Å²) in [6.45, 7) is 6.60. The highest BCUT2D eigenvalue weighted by atomic mass is 16.2. The van der Waals surface area contributed by atoms with Crippen LogP contribution in [0.2, 0.25) is 0 Å². The number of nitrogens with zero attached hydrogens (tertiary/aromatic N) is 1. The molecule has 2 aliphatic rings. The number of anilines is 1. The fraction of sp³-hybridized carbons (Fsp3) is 0.529. The fourth-order valence-corrected chi connectivity index (χ4v) is 2.89. The molecule has 2 N–H and O–H groups in total. The zero-order valence-corrected chi connectivity index (χ0v) is 13.4. The lowest BCUT2D eigenvalue weighted by Gasteiger charge is -2.27. The number of carbonyl (C=O) groups excluding carboxylic acids is 2. The van der Waals surface area contributed by atoms with Gasteiger partial charge in [0, 0.05) is 18.7 Å². The van der Waals surface area contributed by atoms with Gasteiger partial charge in [-0.1, -0.05) is 26.0 Å². The molecule has 3 rings (SSSR count). The molecule has 2 saturated heterocycles. The minimum Gasteiger partial charge on any atom is -0.317 e. The first kappa shape index (κ1) is 16.5. The van der Waals surface area contributed by atoms with E-state index in [4.69, 9.17) is 0 Å². The molecule has 5 nitrogen and oxygen atoms in total. The molecule has 0 aliphatic carbocycles. The maximum absolute atomic E-state index is 11.8. The normalized spacial score (nSPS) is 19.3. The van der Waals surface area contributed by atoms with Crippen molar-refractivity contribution in [3.05, 3.63) is 29.8 Å². The minimum atomic E-state index is -0.323. The van der Waals surface area contributed by atoms with Gasteiger partial charge in [-0.2, -0.15) is 0 Å². The molecule has 0 bridgehead atoms. The smallest absolute Gasteiger partial charge is 0.317 e. The van der Waals surface area contributed by atoms with Crippen LogP contribution in [0.5, 0.6) is 0 Å². The Morgan fingerprint density at radius 1 is 1.05 bits per heavy atom. The van der Waals surface area contributed by atoms with E-state index < -0.39 is 0 Å². The average Bonchev–Trinajstić information content (AvgIpc) is 2.58. The Bertz CT molecular complexity index is 507. The van der Waals surface area contributed by atoms with E-state index in [1.807, 2.05) is 26.0 Å². The molecule has 1 aromatic rings. The number of urea groups is 1. The number of piperidine rings is 1. The molecular formula is C17H25N3O2. The van der Waals surface area contributed by atoms with E-state index in [9.17, 15) is 9.59 Å². The molecule has 0 saturated carbocycles. The highest BCUT2D eigenvalue weighted by Crippen LogP contribution is 2.27. The van der Waals surface area contributed by atoms with E-state index in [1.165, 1.54) is 5.56 Å². The summed E-state index contributed by atoms with van der Waals surface area (Å²) >= 11 is 0. The highest BCUT2D eigenvalue weighted by Gasteiger charge is 2.24. The van der Waals surface area contributed by atoms with Crippen molar-refractivity contribution >= 4 is 17.6 Å². The Labute approximate surface area is 132 Å². The van der Waals surface area contributed by atoms with Crippen LogP contribution in [0.25, 0.3) is 0 Å². The summed E-state index contributed by atoms with van der Waals surface area (Å²) in [5, 5.41) is 5.71. The number of hydrogen-bond acceptors (Lipinski definition) is 3. The highest BCUT2D eigenvalue weighted by molar-refractivity contribution is 6.05. The number of rotatable bonds is 2. The van der Waals surface area contributed by atoms with Crippen LogP contribution in [0.15, 0.2) is 24.3 Å². The van der Waals surface area contributed by atoms with Gasteiger partial charge in [0.15, 0.2) is 0 Å². The van der Waals surface area contributed by atoms with Crippen LogP contribution in [-0.4, -0.2) is 31.6 Å². The van der Waals surface area contributed by atoms with E-state index in [1.54, 1.807) is 4.90 Å². The van der Waals surface area contributed by atoms with Gasteiger partial charge in [-0.15, -0.1) is 0 Å². The number of carbonyl (C=O) groups is 2. The molecule has 0 radical (unpaired) electrons. The molecule has 22 heavy (non-hydrogen) atoms. The molecule has 3 amide bonds. The third-order valence-corrected chi connectivity index (χ3v) is 4.07. The third-order valence-electron chi connectivity index (χ3n) is 4.07. The van der Waals surface area contributed by atoms with E-state index in [0.717, 1.165) is 31.6 Å². The van der Waals surface area contributed by atoms with Crippen LogP contribution in [-0.2, 0) is 4.79 Å².